The number of benzene rings is 2. The fourth-order valence-electron chi connectivity index (χ4n) is 3.44. The van der Waals surface area contributed by atoms with Crippen LogP contribution in [0.4, 0.5) is 0 Å². The number of ether oxygens (including phenoxy) is 6. The van der Waals surface area contributed by atoms with E-state index in [9.17, 15) is 19.2 Å². The van der Waals surface area contributed by atoms with Crippen molar-refractivity contribution in [3.8, 4) is 0 Å². The molecule has 15 heteroatoms. The Morgan fingerprint density at radius 3 is 1.10 bits per heavy atom. The minimum absolute atomic E-state index is 0.0833. The first-order valence-corrected chi connectivity index (χ1v) is 15.6. The van der Waals surface area contributed by atoms with Crippen LogP contribution in [-0.4, -0.2) is 133 Å². The summed E-state index contributed by atoms with van der Waals surface area (Å²) in [7, 11) is 4.86. The van der Waals surface area contributed by atoms with Crippen molar-refractivity contribution in [1.82, 2.24) is 10.6 Å². The molecule has 3 unspecified atom stereocenters. The summed E-state index contributed by atoms with van der Waals surface area (Å²) in [6.45, 7) is 10.3. The van der Waals surface area contributed by atoms with Crippen LogP contribution in [0.2, 0.25) is 0 Å². The molecular weight excluding hydrogens is 642 g/mol. The normalized spacial score (nSPS) is 12.2. The molecule has 0 spiro atoms. The second-order valence-corrected chi connectivity index (χ2v) is 10.7. The van der Waals surface area contributed by atoms with E-state index < -0.39 is 11.9 Å². The molecule has 2 aromatic rings. The Hall–Kier alpha value is -3.96. The van der Waals surface area contributed by atoms with Crippen LogP contribution in [0, 0.1) is 0 Å². The molecule has 276 valence electrons. The number of nitrogens with two attached hydrogens (primary N) is 1. The zero-order valence-electron chi connectivity index (χ0n) is 29.3. The number of aromatic carboxylic acids is 2. The first kappa shape index (κ1) is 45.0. The summed E-state index contributed by atoms with van der Waals surface area (Å²) >= 11 is 0. The number of hydrogen-bond acceptors (Lipinski definition) is 11. The van der Waals surface area contributed by atoms with Crippen molar-refractivity contribution in [1.29, 1.82) is 0 Å². The molecule has 0 saturated heterocycles. The molecule has 0 aliphatic carbocycles. The molecule has 2 aromatic carbocycles. The van der Waals surface area contributed by atoms with Gasteiger partial charge in [0.2, 0.25) is 0 Å². The Morgan fingerprint density at radius 2 is 0.837 bits per heavy atom. The molecule has 0 radical (unpaired) electrons. The topological polar surface area (TPSA) is 214 Å². The Balaban J connectivity index is 0.000000892. The first-order chi connectivity index (χ1) is 23.4. The third kappa shape index (κ3) is 23.1. The molecule has 0 aromatic heterocycles. The summed E-state index contributed by atoms with van der Waals surface area (Å²) in [5, 5.41) is 22.6. The largest absolute Gasteiger partial charge is 0.478 e. The molecule has 0 aliphatic rings. The number of rotatable bonds is 21. The van der Waals surface area contributed by atoms with E-state index in [2.05, 4.69) is 10.6 Å². The molecule has 6 N–H and O–H groups in total. The molecule has 49 heavy (non-hydrogen) atoms. The van der Waals surface area contributed by atoms with E-state index in [4.69, 9.17) is 44.4 Å². The van der Waals surface area contributed by atoms with Gasteiger partial charge >= 0.3 is 11.9 Å². The second kappa shape index (κ2) is 27.9. The minimum Gasteiger partial charge on any atom is -0.478 e. The van der Waals surface area contributed by atoms with E-state index in [1.54, 1.807) is 45.6 Å². The van der Waals surface area contributed by atoms with Gasteiger partial charge in [-0.25, -0.2) is 9.59 Å². The second-order valence-electron chi connectivity index (χ2n) is 10.7. The van der Waals surface area contributed by atoms with Crippen LogP contribution in [0.15, 0.2) is 48.5 Å². The number of hydrogen-bond donors (Lipinski definition) is 5. The van der Waals surface area contributed by atoms with Crippen LogP contribution >= 0.6 is 0 Å². The molecule has 0 saturated carbocycles. The van der Waals surface area contributed by atoms with E-state index in [1.165, 1.54) is 24.3 Å². The Morgan fingerprint density at radius 1 is 0.551 bits per heavy atom. The Labute approximate surface area is 288 Å². The van der Waals surface area contributed by atoms with Crippen LogP contribution in [0.5, 0.6) is 0 Å². The number of carboxylic acid groups (broad SMARTS) is 2. The number of carbonyl (C=O) groups excluding carboxylic acids is 2. The summed E-state index contributed by atoms with van der Waals surface area (Å²) in [5.41, 5.74) is 6.54. The fraction of sp³-hybridized carbons (Fsp3) is 0.529. The van der Waals surface area contributed by atoms with Crippen molar-refractivity contribution < 1.29 is 57.8 Å². The summed E-state index contributed by atoms with van der Waals surface area (Å²) in [6.07, 6.45) is 0. The molecule has 2 rings (SSSR count). The third-order valence-electron chi connectivity index (χ3n) is 5.95. The Bertz CT molecular complexity index is 1110. The highest BCUT2D eigenvalue weighted by atomic mass is 16.5. The van der Waals surface area contributed by atoms with Crippen molar-refractivity contribution in [2.75, 3.05) is 80.8 Å². The lowest BCUT2D eigenvalue weighted by molar-refractivity contribution is 0.0582. The quantitative estimate of drug-likeness (QED) is 0.119. The van der Waals surface area contributed by atoms with E-state index in [0.717, 1.165) is 0 Å². The highest BCUT2D eigenvalue weighted by Gasteiger charge is 2.13. The summed E-state index contributed by atoms with van der Waals surface area (Å²) in [6, 6.07) is 11.4. The van der Waals surface area contributed by atoms with Crippen molar-refractivity contribution >= 4 is 23.8 Å². The lowest BCUT2D eigenvalue weighted by Gasteiger charge is -2.15. The average Bonchev–Trinajstić information content (AvgIpc) is 3.07. The van der Waals surface area contributed by atoms with E-state index in [-0.39, 0.29) is 41.1 Å². The zero-order valence-corrected chi connectivity index (χ0v) is 29.3. The molecule has 15 nitrogen and oxygen atoms in total. The van der Waals surface area contributed by atoms with Crippen LogP contribution in [0.3, 0.4) is 0 Å². The molecular formula is C34H53N3O12. The highest BCUT2D eigenvalue weighted by molar-refractivity contribution is 5.98. The van der Waals surface area contributed by atoms with Gasteiger partial charge in [-0.1, -0.05) is 0 Å². The van der Waals surface area contributed by atoms with Crippen LogP contribution in [0.25, 0.3) is 0 Å². The molecule has 0 fully saturated rings. The van der Waals surface area contributed by atoms with Gasteiger partial charge in [-0.05, 0) is 69.3 Å². The van der Waals surface area contributed by atoms with Crippen molar-refractivity contribution in [3.05, 3.63) is 70.8 Å². The molecule has 0 bridgehead atoms. The number of carbonyl (C=O) groups is 4. The van der Waals surface area contributed by atoms with E-state index in [1.807, 2.05) is 20.8 Å². The van der Waals surface area contributed by atoms with Gasteiger partial charge < -0.3 is 55.0 Å². The number of methoxy groups -OCH3 is 3. The maximum absolute atomic E-state index is 12.3. The van der Waals surface area contributed by atoms with Gasteiger partial charge in [0.15, 0.2) is 0 Å². The monoisotopic (exact) mass is 695 g/mol. The standard InChI is InChI=1S/C20H32N2O6.C8H6O4.C6H15NO2/c1-15(13-27-11-9-25-3)21-19(23)17-5-7-18(8-6-17)20(24)22-16(2)14-28-12-10-26-4;9-7(10)5-1-2-6(4-3-5)8(11)12;1-6(7)5-9-4-3-8-2/h5-8,15-16H,9-14H2,1-4H3,(H,21,23)(H,22,24);1-4H,(H,9,10)(H,11,12);6H,3-5,7H2,1-2H3. The maximum Gasteiger partial charge on any atom is 0.335 e. The minimum atomic E-state index is -1.06. The average molecular weight is 696 g/mol. The van der Waals surface area contributed by atoms with Gasteiger partial charge in [0.25, 0.3) is 11.8 Å². The molecule has 2 amide bonds. The number of carboxylic acids is 2. The predicted octanol–water partition coefficient (Wildman–Crippen LogP) is 2.33. The van der Waals surface area contributed by atoms with Crippen molar-refractivity contribution in [2.24, 2.45) is 5.73 Å². The smallest absolute Gasteiger partial charge is 0.335 e. The van der Waals surface area contributed by atoms with Crippen molar-refractivity contribution in [3.63, 3.8) is 0 Å². The summed E-state index contributed by atoms with van der Waals surface area (Å²) in [5.74, 6) is -2.55. The third-order valence-corrected chi connectivity index (χ3v) is 5.95. The van der Waals surface area contributed by atoms with Gasteiger partial charge in [-0.2, -0.15) is 0 Å². The Kier molecular flexibility index (Phi) is 25.7. The van der Waals surface area contributed by atoms with Crippen molar-refractivity contribution in [2.45, 2.75) is 38.9 Å². The van der Waals surface area contributed by atoms with Gasteiger partial charge in [0.1, 0.15) is 0 Å². The van der Waals surface area contributed by atoms with Gasteiger partial charge in [-0.15, -0.1) is 0 Å². The zero-order chi connectivity index (χ0) is 37.0. The molecule has 0 heterocycles. The van der Waals surface area contributed by atoms with E-state index in [0.29, 0.717) is 70.6 Å². The summed E-state index contributed by atoms with van der Waals surface area (Å²) < 4.78 is 30.4. The SMILES string of the molecule is COCCOCC(C)N.COCCOCC(C)NC(=O)c1ccc(C(=O)NC(C)COCCOC)cc1.O=C(O)c1ccc(C(=O)O)cc1. The van der Waals surface area contributed by atoms with Gasteiger partial charge in [0.05, 0.1) is 70.6 Å². The van der Waals surface area contributed by atoms with Gasteiger partial charge in [-0.3, -0.25) is 9.59 Å². The summed E-state index contributed by atoms with van der Waals surface area (Å²) in [4.78, 5) is 45.2. The molecule has 3 atom stereocenters. The van der Waals surface area contributed by atoms with Crippen LogP contribution < -0.4 is 16.4 Å². The van der Waals surface area contributed by atoms with E-state index >= 15 is 0 Å². The lowest BCUT2D eigenvalue weighted by atomic mass is 10.1. The number of nitrogens with one attached hydrogen (secondary N) is 2. The van der Waals surface area contributed by atoms with Crippen LogP contribution in [-0.2, 0) is 28.4 Å². The van der Waals surface area contributed by atoms with Gasteiger partial charge in [0, 0.05) is 50.6 Å². The lowest BCUT2D eigenvalue weighted by Crippen LogP contribution is -2.37. The highest BCUT2D eigenvalue weighted by Crippen LogP contribution is 2.06. The van der Waals surface area contributed by atoms with Crippen LogP contribution in [0.1, 0.15) is 62.2 Å². The predicted molar refractivity (Wildman–Crippen MR) is 182 cm³/mol. The molecule has 0 aliphatic heterocycles. The number of amides is 2. The maximum atomic E-state index is 12.3. The first-order valence-electron chi connectivity index (χ1n) is 15.6. The fourth-order valence-corrected chi connectivity index (χ4v) is 3.44.